The van der Waals surface area contributed by atoms with Crippen LogP contribution in [0.15, 0.2) is 54.6 Å². The van der Waals surface area contributed by atoms with Crippen molar-refractivity contribution in [1.29, 1.82) is 0 Å². The van der Waals surface area contributed by atoms with Gasteiger partial charge in [-0.1, -0.05) is 30.3 Å². The summed E-state index contributed by atoms with van der Waals surface area (Å²) in [4.78, 5) is 30.8. The standard InChI is InChI=1S/C9H9NO2.C7H6O.C2H7N/c1-7(12)10-9-4-2-8(6-11)3-5-9;8-6-7-4-2-1-3-5-7;1-3-2/h2-6H,1H3,(H,10,12);1-6H;3H,1-2H3. The SMILES string of the molecule is CC(=O)Nc1ccc(C=O)cc1.CNC.O=Cc1ccccc1. The topological polar surface area (TPSA) is 75.3 Å². The fourth-order valence-electron chi connectivity index (χ4n) is 1.38. The molecule has 0 bridgehead atoms. The van der Waals surface area contributed by atoms with Crippen molar-refractivity contribution in [2.24, 2.45) is 0 Å². The van der Waals surface area contributed by atoms with Crippen LogP contribution in [0.3, 0.4) is 0 Å². The largest absolute Gasteiger partial charge is 0.326 e. The molecule has 2 rings (SSSR count). The molecule has 5 heteroatoms. The molecular formula is C18H22N2O3. The fourth-order valence-corrected chi connectivity index (χ4v) is 1.38. The molecule has 2 N–H and O–H groups in total. The van der Waals surface area contributed by atoms with Gasteiger partial charge >= 0.3 is 0 Å². The van der Waals surface area contributed by atoms with Gasteiger partial charge in [-0.2, -0.15) is 0 Å². The highest BCUT2D eigenvalue weighted by atomic mass is 16.1. The number of rotatable bonds is 3. The number of carbonyl (C=O) groups is 3. The molecule has 0 radical (unpaired) electrons. The molecule has 0 saturated heterocycles. The zero-order valence-corrected chi connectivity index (χ0v) is 13.6. The first-order valence-electron chi connectivity index (χ1n) is 6.98. The predicted molar refractivity (Wildman–Crippen MR) is 92.9 cm³/mol. The van der Waals surface area contributed by atoms with E-state index < -0.39 is 0 Å². The van der Waals surface area contributed by atoms with Crippen molar-refractivity contribution in [3.05, 3.63) is 65.7 Å². The lowest BCUT2D eigenvalue weighted by Crippen LogP contribution is -2.05. The van der Waals surface area contributed by atoms with E-state index in [9.17, 15) is 14.4 Å². The molecule has 0 fully saturated rings. The lowest BCUT2D eigenvalue weighted by molar-refractivity contribution is -0.114. The van der Waals surface area contributed by atoms with E-state index in [4.69, 9.17) is 0 Å². The van der Waals surface area contributed by atoms with Crippen LogP contribution in [0.25, 0.3) is 0 Å². The van der Waals surface area contributed by atoms with Crippen molar-refractivity contribution in [3.8, 4) is 0 Å². The van der Waals surface area contributed by atoms with Crippen molar-refractivity contribution >= 4 is 24.2 Å². The summed E-state index contributed by atoms with van der Waals surface area (Å²) in [5, 5.41) is 5.35. The number of nitrogens with one attached hydrogen (secondary N) is 2. The van der Waals surface area contributed by atoms with Crippen molar-refractivity contribution in [3.63, 3.8) is 0 Å². The minimum Gasteiger partial charge on any atom is -0.326 e. The Labute approximate surface area is 136 Å². The van der Waals surface area contributed by atoms with Gasteiger partial charge in [-0.15, -0.1) is 0 Å². The molecule has 1 amide bonds. The van der Waals surface area contributed by atoms with Gasteiger partial charge in [0.2, 0.25) is 5.91 Å². The van der Waals surface area contributed by atoms with Gasteiger partial charge in [0.15, 0.2) is 0 Å². The Kier molecular flexibility index (Phi) is 11.3. The molecule has 0 unspecified atom stereocenters. The molecule has 0 aliphatic carbocycles. The van der Waals surface area contributed by atoms with Crippen molar-refractivity contribution in [2.75, 3.05) is 19.4 Å². The van der Waals surface area contributed by atoms with Gasteiger partial charge in [-0.05, 0) is 38.4 Å². The third-order valence-electron chi connectivity index (χ3n) is 2.30. The summed E-state index contributed by atoms with van der Waals surface area (Å²) in [6.07, 6.45) is 1.59. The number of benzene rings is 2. The van der Waals surface area contributed by atoms with Crippen LogP contribution in [-0.4, -0.2) is 32.6 Å². The highest BCUT2D eigenvalue weighted by molar-refractivity contribution is 5.89. The number of hydrogen-bond donors (Lipinski definition) is 2. The molecule has 0 aliphatic heterocycles. The average molecular weight is 314 g/mol. The van der Waals surface area contributed by atoms with E-state index in [-0.39, 0.29) is 5.91 Å². The van der Waals surface area contributed by atoms with E-state index in [0.717, 1.165) is 18.1 Å². The zero-order chi connectivity index (χ0) is 17.5. The first-order chi connectivity index (χ1) is 11.1. The third kappa shape index (κ3) is 10.6. The van der Waals surface area contributed by atoms with Crippen molar-refractivity contribution in [2.45, 2.75) is 6.92 Å². The predicted octanol–water partition coefficient (Wildman–Crippen LogP) is 2.79. The molecule has 2 aromatic carbocycles. The maximum Gasteiger partial charge on any atom is 0.221 e. The maximum absolute atomic E-state index is 10.6. The molecule has 5 nitrogen and oxygen atoms in total. The molecule has 0 saturated carbocycles. The summed E-state index contributed by atoms with van der Waals surface area (Å²) in [5.74, 6) is -0.117. The molecule has 0 atom stereocenters. The van der Waals surface area contributed by atoms with E-state index in [1.54, 1.807) is 36.4 Å². The number of carbonyl (C=O) groups excluding carboxylic acids is 3. The summed E-state index contributed by atoms with van der Waals surface area (Å²) in [5.41, 5.74) is 2.03. The lowest BCUT2D eigenvalue weighted by Gasteiger charge is -2.00. The monoisotopic (exact) mass is 314 g/mol. The Balaban J connectivity index is 0.000000379. The molecule has 0 heterocycles. The summed E-state index contributed by atoms with van der Waals surface area (Å²) in [6.45, 7) is 1.44. The van der Waals surface area contributed by atoms with Crippen LogP contribution >= 0.6 is 0 Å². The van der Waals surface area contributed by atoms with E-state index in [1.807, 2.05) is 32.3 Å². The normalized spacial score (nSPS) is 8.48. The molecule has 0 aromatic heterocycles. The van der Waals surface area contributed by atoms with Crippen LogP contribution in [0, 0.1) is 0 Å². The Morgan fingerprint density at radius 2 is 1.26 bits per heavy atom. The van der Waals surface area contributed by atoms with Crippen LogP contribution in [0.2, 0.25) is 0 Å². The van der Waals surface area contributed by atoms with E-state index in [2.05, 4.69) is 10.6 Å². The van der Waals surface area contributed by atoms with Gasteiger partial charge in [-0.25, -0.2) is 0 Å². The molecular weight excluding hydrogens is 292 g/mol. The average Bonchev–Trinajstić information content (AvgIpc) is 2.57. The maximum atomic E-state index is 10.6. The zero-order valence-electron chi connectivity index (χ0n) is 13.6. The molecule has 0 spiro atoms. The van der Waals surface area contributed by atoms with E-state index in [0.29, 0.717) is 11.3 Å². The quantitative estimate of drug-likeness (QED) is 0.854. The smallest absolute Gasteiger partial charge is 0.221 e. The van der Waals surface area contributed by atoms with Gasteiger partial charge in [0.25, 0.3) is 0 Å². The summed E-state index contributed by atoms with van der Waals surface area (Å²) < 4.78 is 0. The Hall–Kier alpha value is -2.79. The second kappa shape index (κ2) is 12.9. The molecule has 0 aliphatic rings. The van der Waals surface area contributed by atoms with Crippen molar-refractivity contribution < 1.29 is 14.4 Å². The summed E-state index contributed by atoms with van der Waals surface area (Å²) in [6, 6.07) is 15.8. The van der Waals surface area contributed by atoms with Crippen LogP contribution in [0.4, 0.5) is 5.69 Å². The van der Waals surface area contributed by atoms with Crippen LogP contribution in [0.1, 0.15) is 27.6 Å². The summed E-state index contributed by atoms with van der Waals surface area (Å²) in [7, 11) is 3.75. The van der Waals surface area contributed by atoms with Gasteiger partial charge in [0, 0.05) is 23.7 Å². The minimum atomic E-state index is -0.117. The number of anilines is 1. The Morgan fingerprint density at radius 1 is 0.826 bits per heavy atom. The lowest BCUT2D eigenvalue weighted by atomic mass is 10.2. The van der Waals surface area contributed by atoms with E-state index >= 15 is 0 Å². The Bertz CT molecular complexity index is 581. The highest BCUT2D eigenvalue weighted by Gasteiger charge is 1.94. The third-order valence-corrected chi connectivity index (χ3v) is 2.30. The highest BCUT2D eigenvalue weighted by Crippen LogP contribution is 2.07. The first-order valence-corrected chi connectivity index (χ1v) is 6.98. The second-order valence-electron chi connectivity index (χ2n) is 4.45. The number of amides is 1. The molecule has 122 valence electrons. The first kappa shape index (κ1) is 20.2. The second-order valence-corrected chi connectivity index (χ2v) is 4.45. The molecule has 2 aromatic rings. The van der Waals surface area contributed by atoms with Crippen LogP contribution in [0.5, 0.6) is 0 Å². The van der Waals surface area contributed by atoms with Gasteiger partial charge in [0.1, 0.15) is 12.6 Å². The summed E-state index contributed by atoms with van der Waals surface area (Å²) >= 11 is 0. The fraction of sp³-hybridized carbons (Fsp3) is 0.167. The minimum absolute atomic E-state index is 0.117. The number of aldehydes is 2. The van der Waals surface area contributed by atoms with Gasteiger partial charge in [0.05, 0.1) is 0 Å². The van der Waals surface area contributed by atoms with Gasteiger partial charge < -0.3 is 10.6 Å². The number of hydrogen-bond acceptors (Lipinski definition) is 4. The van der Waals surface area contributed by atoms with Crippen LogP contribution in [-0.2, 0) is 4.79 Å². The Morgan fingerprint density at radius 3 is 1.61 bits per heavy atom. The van der Waals surface area contributed by atoms with Crippen molar-refractivity contribution in [1.82, 2.24) is 5.32 Å². The van der Waals surface area contributed by atoms with E-state index in [1.165, 1.54) is 6.92 Å². The van der Waals surface area contributed by atoms with Crippen LogP contribution < -0.4 is 10.6 Å². The van der Waals surface area contributed by atoms with Gasteiger partial charge in [-0.3, -0.25) is 14.4 Å². The molecule has 23 heavy (non-hydrogen) atoms.